The van der Waals surface area contributed by atoms with Crippen LogP contribution in [0.2, 0.25) is 0 Å². The predicted octanol–water partition coefficient (Wildman–Crippen LogP) is 2.27. The van der Waals surface area contributed by atoms with Gasteiger partial charge < -0.3 is 16.2 Å². The summed E-state index contributed by atoms with van der Waals surface area (Å²) in [6, 6.07) is 7.24. The minimum Gasteiger partial charge on any atom is -0.433 e. The van der Waals surface area contributed by atoms with Gasteiger partial charge in [0.25, 0.3) is 0 Å². The van der Waals surface area contributed by atoms with Gasteiger partial charge in [-0.1, -0.05) is 31.3 Å². The van der Waals surface area contributed by atoms with E-state index in [-0.39, 0.29) is 0 Å². The summed E-state index contributed by atoms with van der Waals surface area (Å²) in [6.45, 7) is 2.06. The lowest BCUT2D eigenvalue weighted by Crippen LogP contribution is -2.21. The fourth-order valence-electron chi connectivity index (χ4n) is 1.47. The number of carbonyl (C=O) groups excluding carboxylic acids is 1. The number of carbonyl (C=O) groups is 1. The van der Waals surface area contributed by atoms with E-state index in [2.05, 4.69) is 18.8 Å². The standard InChI is InChI=1S/C14H18N2O2/c1-2-3-7-13(18-14(16)17)9-8-11-5-4-6-12(15)10-11/h4-6,10,13H,2-3,7,15H2,1H3,(H2,16,17). The van der Waals surface area contributed by atoms with Crippen LogP contribution in [0.4, 0.5) is 10.5 Å². The van der Waals surface area contributed by atoms with Crippen molar-refractivity contribution in [2.45, 2.75) is 32.3 Å². The first-order chi connectivity index (χ1) is 8.61. The number of unbranched alkanes of at least 4 members (excludes halogenated alkanes) is 1. The quantitative estimate of drug-likeness (QED) is 0.632. The number of benzene rings is 1. The van der Waals surface area contributed by atoms with Gasteiger partial charge in [0, 0.05) is 11.3 Å². The van der Waals surface area contributed by atoms with Gasteiger partial charge in [0.2, 0.25) is 0 Å². The van der Waals surface area contributed by atoms with E-state index >= 15 is 0 Å². The molecule has 4 heteroatoms. The molecule has 96 valence electrons. The molecule has 0 spiro atoms. The summed E-state index contributed by atoms with van der Waals surface area (Å²) in [5.74, 6) is 5.84. The zero-order chi connectivity index (χ0) is 13.4. The zero-order valence-electron chi connectivity index (χ0n) is 10.5. The fraction of sp³-hybridized carbons (Fsp3) is 0.357. The van der Waals surface area contributed by atoms with Crippen LogP contribution >= 0.6 is 0 Å². The molecular weight excluding hydrogens is 228 g/mol. The van der Waals surface area contributed by atoms with Crippen molar-refractivity contribution in [2.75, 3.05) is 5.73 Å². The Morgan fingerprint density at radius 3 is 2.89 bits per heavy atom. The van der Waals surface area contributed by atoms with E-state index in [9.17, 15) is 4.79 Å². The molecule has 1 atom stereocenters. The Kier molecular flexibility index (Phi) is 5.59. The minimum atomic E-state index is -0.794. The second-order valence-electron chi connectivity index (χ2n) is 3.96. The molecule has 1 amide bonds. The normalized spacial score (nSPS) is 11.2. The molecule has 0 aliphatic carbocycles. The molecule has 1 unspecified atom stereocenters. The van der Waals surface area contributed by atoms with Crippen LogP contribution in [-0.2, 0) is 4.74 Å². The summed E-state index contributed by atoms with van der Waals surface area (Å²) in [4.78, 5) is 10.8. The number of rotatable bonds is 4. The van der Waals surface area contributed by atoms with Crippen molar-refractivity contribution >= 4 is 11.8 Å². The first kappa shape index (κ1) is 13.9. The molecule has 0 aliphatic heterocycles. The lowest BCUT2D eigenvalue weighted by atomic mass is 10.1. The van der Waals surface area contributed by atoms with Crippen LogP contribution in [0.3, 0.4) is 0 Å². The van der Waals surface area contributed by atoms with Crippen LogP contribution in [0.15, 0.2) is 24.3 Å². The third-order valence-corrected chi connectivity index (χ3v) is 2.34. The van der Waals surface area contributed by atoms with Gasteiger partial charge in [-0.25, -0.2) is 4.79 Å². The number of hydrogen-bond acceptors (Lipinski definition) is 3. The van der Waals surface area contributed by atoms with Crippen molar-refractivity contribution in [1.82, 2.24) is 0 Å². The Morgan fingerprint density at radius 2 is 2.28 bits per heavy atom. The summed E-state index contributed by atoms with van der Waals surface area (Å²) in [6.07, 6.45) is 1.39. The van der Waals surface area contributed by atoms with Gasteiger partial charge in [-0.15, -0.1) is 0 Å². The van der Waals surface area contributed by atoms with E-state index in [1.54, 1.807) is 12.1 Å². The molecule has 0 aliphatic rings. The lowest BCUT2D eigenvalue weighted by molar-refractivity contribution is 0.128. The molecule has 0 heterocycles. The summed E-state index contributed by atoms with van der Waals surface area (Å²) < 4.78 is 4.94. The van der Waals surface area contributed by atoms with Gasteiger partial charge in [-0.2, -0.15) is 0 Å². The first-order valence-electron chi connectivity index (χ1n) is 5.95. The summed E-state index contributed by atoms with van der Waals surface area (Å²) in [5.41, 5.74) is 12.1. The first-order valence-corrected chi connectivity index (χ1v) is 5.95. The van der Waals surface area contributed by atoms with Gasteiger partial charge in [0.05, 0.1) is 0 Å². The lowest BCUT2D eigenvalue weighted by Gasteiger charge is -2.09. The minimum absolute atomic E-state index is 0.455. The molecular formula is C14H18N2O2. The van der Waals surface area contributed by atoms with Crippen LogP contribution in [0.5, 0.6) is 0 Å². The van der Waals surface area contributed by atoms with Crippen LogP contribution in [0.1, 0.15) is 31.7 Å². The molecule has 18 heavy (non-hydrogen) atoms. The third-order valence-electron chi connectivity index (χ3n) is 2.34. The van der Waals surface area contributed by atoms with Gasteiger partial charge >= 0.3 is 6.09 Å². The highest BCUT2D eigenvalue weighted by Gasteiger charge is 2.07. The van der Waals surface area contributed by atoms with Crippen molar-refractivity contribution < 1.29 is 9.53 Å². The van der Waals surface area contributed by atoms with Crippen molar-refractivity contribution in [1.29, 1.82) is 0 Å². The van der Waals surface area contributed by atoms with E-state index in [0.29, 0.717) is 12.1 Å². The van der Waals surface area contributed by atoms with Gasteiger partial charge in [0.1, 0.15) is 0 Å². The largest absolute Gasteiger partial charge is 0.433 e. The molecule has 0 fully saturated rings. The van der Waals surface area contributed by atoms with Crippen molar-refractivity contribution in [3.05, 3.63) is 29.8 Å². The number of amides is 1. The van der Waals surface area contributed by atoms with Crippen LogP contribution in [0, 0.1) is 11.8 Å². The molecule has 1 rings (SSSR count). The second-order valence-corrected chi connectivity index (χ2v) is 3.96. The summed E-state index contributed by atoms with van der Waals surface area (Å²) >= 11 is 0. The maximum atomic E-state index is 10.8. The summed E-state index contributed by atoms with van der Waals surface area (Å²) in [5, 5.41) is 0. The SMILES string of the molecule is CCCCC(C#Cc1cccc(N)c1)OC(N)=O. The number of nitrogens with two attached hydrogens (primary N) is 2. The maximum absolute atomic E-state index is 10.8. The molecule has 1 aromatic carbocycles. The molecule has 0 radical (unpaired) electrons. The van der Waals surface area contributed by atoms with Gasteiger partial charge in [-0.05, 0) is 31.0 Å². The molecule has 0 bridgehead atoms. The number of ether oxygens (including phenoxy) is 1. The predicted molar refractivity (Wildman–Crippen MR) is 71.7 cm³/mol. The van der Waals surface area contributed by atoms with Crippen LogP contribution in [-0.4, -0.2) is 12.2 Å². The molecule has 0 aromatic heterocycles. The smallest absolute Gasteiger partial charge is 0.405 e. The van der Waals surface area contributed by atoms with Crippen molar-refractivity contribution in [2.24, 2.45) is 5.73 Å². The second kappa shape index (κ2) is 7.23. The Labute approximate surface area is 107 Å². The highest BCUT2D eigenvalue weighted by Crippen LogP contribution is 2.07. The number of nitrogen functional groups attached to an aromatic ring is 1. The number of hydrogen-bond donors (Lipinski definition) is 2. The van der Waals surface area contributed by atoms with E-state index in [0.717, 1.165) is 18.4 Å². The average molecular weight is 246 g/mol. The molecule has 1 aromatic rings. The zero-order valence-corrected chi connectivity index (χ0v) is 10.5. The Bertz CT molecular complexity index is 460. The van der Waals surface area contributed by atoms with Gasteiger partial charge in [-0.3, -0.25) is 0 Å². The van der Waals surface area contributed by atoms with Crippen molar-refractivity contribution in [3.63, 3.8) is 0 Å². The monoisotopic (exact) mass is 246 g/mol. The maximum Gasteiger partial charge on any atom is 0.405 e. The highest BCUT2D eigenvalue weighted by molar-refractivity contribution is 5.65. The Morgan fingerprint density at radius 1 is 1.50 bits per heavy atom. The van der Waals surface area contributed by atoms with E-state index in [1.165, 1.54) is 0 Å². The summed E-state index contributed by atoms with van der Waals surface area (Å²) in [7, 11) is 0. The molecule has 4 N–H and O–H groups in total. The molecule has 0 saturated heterocycles. The highest BCUT2D eigenvalue weighted by atomic mass is 16.6. The van der Waals surface area contributed by atoms with E-state index in [4.69, 9.17) is 16.2 Å². The molecule has 4 nitrogen and oxygen atoms in total. The fourth-order valence-corrected chi connectivity index (χ4v) is 1.47. The van der Waals surface area contributed by atoms with Crippen LogP contribution < -0.4 is 11.5 Å². The average Bonchev–Trinajstić information content (AvgIpc) is 2.32. The van der Waals surface area contributed by atoms with Gasteiger partial charge in [0.15, 0.2) is 6.10 Å². The van der Waals surface area contributed by atoms with Crippen LogP contribution in [0.25, 0.3) is 0 Å². The van der Waals surface area contributed by atoms with E-state index < -0.39 is 12.2 Å². The molecule has 0 saturated carbocycles. The van der Waals surface area contributed by atoms with E-state index in [1.807, 2.05) is 12.1 Å². The topological polar surface area (TPSA) is 78.3 Å². The number of primary amides is 1. The third kappa shape index (κ3) is 5.26. The Hall–Kier alpha value is -2.15. The number of anilines is 1. The Balaban J connectivity index is 2.73. The van der Waals surface area contributed by atoms with Crippen molar-refractivity contribution in [3.8, 4) is 11.8 Å².